The van der Waals surface area contributed by atoms with Crippen LogP contribution in [0.1, 0.15) is 28.0 Å². The predicted octanol–water partition coefficient (Wildman–Crippen LogP) is 4.07. The first-order valence-electron chi connectivity index (χ1n) is 9.47. The van der Waals surface area contributed by atoms with E-state index in [1.807, 2.05) is 0 Å². The lowest BCUT2D eigenvalue weighted by Crippen LogP contribution is -2.41. The number of pyridine rings is 1. The Hall–Kier alpha value is -2.10. The third kappa shape index (κ3) is 3.83. The summed E-state index contributed by atoms with van der Waals surface area (Å²) in [5, 5.41) is 0.459. The van der Waals surface area contributed by atoms with Gasteiger partial charge < -0.3 is 10.5 Å². The number of aliphatic imine (C=N–C) groups is 1. The molecule has 0 amide bonds. The minimum atomic E-state index is -1.67. The summed E-state index contributed by atoms with van der Waals surface area (Å²) in [6.07, 6.45) is 1.57. The minimum Gasteiger partial charge on any atom is -0.383 e. The highest BCUT2D eigenvalue weighted by atomic mass is 35.5. The number of hydrogen-bond acceptors (Lipinski definition) is 6. The molecule has 0 spiro atoms. The number of alkyl halides is 1. The molecule has 1 aliphatic heterocycles. The summed E-state index contributed by atoms with van der Waals surface area (Å²) in [6.45, 7) is -0.776. The fourth-order valence-electron chi connectivity index (χ4n) is 4.26. The number of rotatable bonds is 7. The summed E-state index contributed by atoms with van der Waals surface area (Å²) in [5.41, 5.74) is 4.36. The number of benzene rings is 1. The Balaban J connectivity index is 1.73. The van der Waals surface area contributed by atoms with E-state index in [0.29, 0.717) is 11.4 Å². The number of carbonyl (C=O) groups is 1. The first-order valence-corrected chi connectivity index (χ1v) is 10.7. The summed E-state index contributed by atoms with van der Waals surface area (Å²) in [6, 6.07) is 5.18. The zero-order chi connectivity index (χ0) is 22.4. The van der Waals surface area contributed by atoms with Gasteiger partial charge in [-0.2, -0.15) is 0 Å². The Morgan fingerprint density at radius 1 is 1.39 bits per heavy atom. The van der Waals surface area contributed by atoms with Crippen LogP contribution in [0.4, 0.5) is 13.2 Å². The number of nitrogens with zero attached hydrogens (tertiary/aromatic N) is 2. The number of carbonyl (C=O) groups excluding carboxylic acids is 1. The average molecular weight is 470 g/mol. The van der Waals surface area contributed by atoms with E-state index in [0.717, 1.165) is 6.07 Å². The molecule has 1 aliphatic carbocycles. The van der Waals surface area contributed by atoms with Crippen LogP contribution in [0, 0.1) is 17.6 Å². The van der Waals surface area contributed by atoms with Crippen molar-refractivity contribution in [3.8, 4) is 0 Å². The van der Waals surface area contributed by atoms with Gasteiger partial charge in [0.25, 0.3) is 0 Å². The van der Waals surface area contributed by atoms with Crippen LogP contribution in [-0.4, -0.2) is 41.1 Å². The number of ketones is 1. The van der Waals surface area contributed by atoms with Crippen LogP contribution in [0.5, 0.6) is 0 Å². The number of Topliss-reactive ketones (excluding diaryl/α,β-unsaturated/α-hetero) is 1. The van der Waals surface area contributed by atoms with Gasteiger partial charge >= 0.3 is 0 Å². The van der Waals surface area contributed by atoms with Crippen molar-refractivity contribution >= 4 is 34.3 Å². The summed E-state index contributed by atoms with van der Waals surface area (Å²) in [5.74, 6) is -3.20. The number of fused-ring (bicyclic) bond motifs is 1. The van der Waals surface area contributed by atoms with Gasteiger partial charge in [-0.15, -0.1) is 0 Å². The first-order chi connectivity index (χ1) is 14.7. The Morgan fingerprint density at radius 2 is 2.16 bits per heavy atom. The zero-order valence-electron chi connectivity index (χ0n) is 16.5. The number of halogens is 4. The molecule has 2 aromatic rings. The third-order valence-corrected chi connectivity index (χ3v) is 7.24. The van der Waals surface area contributed by atoms with E-state index in [1.165, 1.54) is 43.3 Å². The van der Waals surface area contributed by atoms with Gasteiger partial charge in [0, 0.05) is 31.2 Å². The maximum absolute atomic E-state index is 14.9. The number of thioether (sulfide) groups is 1. The summed E-state index contributed by atoms with van der Waals surface area (Å²) in [7, 11) is 1.51. The van der Waals surface area contributed by atoms with Crippen molar-refractivity contribution in [1.82, 2.24) is 4.98 Å². The summed E-state index contributed by atoms with van der Waals surface area (Å²) in [4.78, 5) is 20.8. The summed E-state index contributed by atoms with van der Waals surface area (Å²) < 4.78 is 48.7. The van der Waals surface area contributed by atoms with Gasteiger partial charge in [0.05, 0.1) is 16.4 Å². The molecular weight excluding hydrogens is 451 g/mol. The van der Waals surface area contributed by atoms with E-state index in [4.69, 9.17) is 22.1 Å². The van der Waals surface area contributed by atoms with Crippen LogP contribution in [0.15, 0.2) is 35.5 Å². The van der Waals surface area contributed by atoms with E-state index in [2.05, 4.69) is 9.98 Å². The van der Waals surface area contributed by atoms with Gasteiger partial charge in [0.1, 0.15) is 17.9 Å². The molecule has 31 heavy (non-hydrogen) atoms. The molecule has 10 heteroatoms. The highest BCUT2D eigenvalue weighted by molar-refractivity contribution is 8.15. The van der Waals surface area contributed by atoms with Crippen molar-refractivity contribution in [2.24, 2.45) is 16.6 Å². The van der Waals surface area contributed by atoms with Crippen LogP contribution in [0.2, 0.25) is 5.02 Å². The van der Waals surface area contributed by atoms with E-state index in [1.54, 1.807) is 0 Å². The lowest BCUT2D eigenvalue weighted by Gasteiger charge is -2.35. The monoisotopic (exact) mass is 469 g/mol. The number of ether oxygens (including phenoxy) is 1. The van der Waals surface area contributed by atoms with Crippen molar-refractivity contribution in [3.05, 3.63) is 63.9 Å². The van der Waals surface area contributed by atoms with Crippen LogP contribution in [0.25, 0.3) is 0 Å². The SMILES string of the molecule is COC[C@@]12C[C@@H]1[C@@](CF)(c1cc(CC(=O)c3ccc(Cl)cn3)cc(F)c1F)N=C(N)S2. The Kier molecular flexibility index (Phi) is 5.78. The highest BCUT2D eigenvalue weighted by Gasteiger charge is 2.68. The van der Waals surface area contributed by atoms with Gasteiger partial charge in [-0.1, -0.05) is 23.4 Å². The van der Waals surface area contributed by atoms with Crippen molar-refractivity contribution in [3.63, 3.8) is 0 Å². The topological polar surface area (TPSA) is 77.6 Å². The fourth-order valence-corrected chi connectivity index (χ4v) is 5.77. The van der Waals surface area contributed by atoms with Crippen LogP contribution >= 0.6 is 23.4 Å². The Morgan fingerprint density at radius 3 is 2.81 bits per heavy atom. The van der Waals surface area contributed by atoms with Crippen molar-refractivity contribution < 1.29 is 22.7 Å². The van der Waals surface area contributed by atoms with Crippen molar-refractivity contribution in [2.45, 2.75) is 23.1 Å². The normalized spacial score (nSPS) is 26.9. The highest BCUT2D eigenvalue weighted by Crippen LogP contribution is 2.66. The molecule has 5 nitrogen and oxygen atoms in total. The van der Waals surface area contributed by atoms with Gasteiger partial charge in [0.15, 0.2) is 22.6 Å². The molecular formula is C21H19ClF3N3O2S. The Bertz CT molecular complexity index is 1070. The fraction of sp³-hybridized carbons (Fsp3) is 0.381. The second-order valence-corrected chi connectivity index (χ2v) is 9.64. The van der Waals surface area contributed by atoms with Crippen LogP contribution in [-0.2, 0) is 16.7 Å². The molecule has 2 N–H and O–H groups in total. The molecule has 0 bridgehead atoms. The van der Waals surface area contributed by atoms with E-state index in [-0.39, 0.29) is 35.0 Å². The maximum atomic E-state index is 14.9. The molecule has 4 rings (SSSR count). The van der Waals surface area contributed by atoms with E-state index < -0.39 is 40.3 Å². The van der Waals surface area contributed by atoms with Crippen molar-refractivity contribution in [2.75, 3.05) is 20.4 Å². The predicted molar refractivity (Wildman–Crippen MR) is 113 cm³/mol. The summed E-state index contributed by atoms with van der Waals surface area (Å²) >= 11 is 7.05. The molecule has 2 heterocycles. The number of amidine groups is 1. The molecule has 164 valence electrons. The van der Waals surface area contributed by atoms with Crippen molar-refractivity contribution in [1.29, 1.82) is 0 Å². The average Bonchev–Trinajstić information content (AvgIpc) is 3.44. The standard InChI is InChI=1S/C21H19ClF3N3O2S/c1-30-10-20-7-17(20)21(9-23,28-19(26)31-20)13-4-11(5-14(24)18(13)25)6-16(29)15-3-2-12(22)8-27-15/h2-5,8,17H,6-7,9-10H2,1H3,(H2,26,28)/t17-,20-,21+/m0/s1. The molecule has 1 aromatic carbocycles. The quantitative estimate of drug-likeness (QED) is 0.618. The van der Waals surface area contributed by atoms with Gasteiger partial charge in [-0.05, 0) is 36.2 Å². The second kappa shape index (κ2) is 8.11. The molecule has 0 saturated heterocycles. The van der Waals surface area contributed by atoms with Gasteiger partial charge in [-0.3, -0.25) is 9.78 Å². The van der Waals surface area contributed by atoms with Crippen LogP contribution in [0.3, 0.4) is 0 Å². The van der Waals surface area contributed by atoms with E-state index >= 15 is 0 Å². The Labute approximate surface area is 186 Å². The third-order valence-electron chi connectivity index (χ3n) is 5.74. The van der Waals surface area contributed by atoms with Crippen LogP contribution < -0.4 is 5.73 Å². The largest absolute Gasteiger partial charge is 0.383 e. The first kappa shape index (κ1) is 22.1. The molecule has 1 aromatic heterocycles. The lowest BCUT2D eigenvalue weighted by atomic mass is 9.83. The maximum Gasteiger partial charge on any atom is 0.185 e. The van der Waals surface area contributed by atoms with E-state index in [9.17, 15) is 18.0 Å². The molecule has 1 saturated carbocycles. The molecule has 0 unspecified atom stereocenters. The van der Waals surface area contributed by atoms with Gasteiger partial charge in [0.2, 0.25) is 0 Å². The second-order valence-electron chi connectivity index (χ2n) is 7.77. The zero-order valence-corrected chi connectivity index (χ0v) is 18.1. The number of nitrogens with two attached hydrogens (primary N) is 1. The molecule has 2 aliphatic rings. The number of aromatic nitrogens is 1. The molecule has 3 atom stereocenters. The number of methoxy groups -OCH3 is 1. The minimum absolute atomic E-state index is 0.0927. The molecule has 0 radical (unpaired) electrons. The molecule has 1 fully saturated rings. The van der Waals surface area contributed by atoms with Gasteiger partial charge in [-0.25, -0.2) is 18.2 Å². The number of hydrogen-bond donors (Lipinski definition) is 1. The smallest absolute Gasteiger partial charge is 0.185 e. The lowest BCUT2D eigenvalue weighted by molar-refractivity contribution is 0.0988.